The first kappa shape index (κ1) is 23.6. The van der Waals surface area contributed by atoms with Gasteiger partial charge in [0.25, 0.3) is 5.69 Å². The first-order valence-corrected chi connectivity index (χ1v) is 8.90. The van der Waals surface area contributed by atoms with Gasteiger partial charge in [-0.2, -0.15) is 13.2 Å². The lowest BCUT2D eigenvalue weighted by atomic mass is 10.1. The lowest BCUT2D eigenvalue weighted by molar-refractivity contribution is -0.384. The number of nitrogens with zero attached hydrogens (tertiary/aromatic N) is 1. The van der Waals surface area contributed by atoms with Crippen molar-refractivity contribution in [1.29, 1.82) is 0 Å². The molecule has 1 atom stereocenters. The Morgan fingerprint density at radius 1 is 1.19 bits per heavy atom. The molecule has 1 N–H and O–H groups in total. The molecule has 0 saturated carbocycles. The van der Waals surface area contributed by atoms with E-state index in [4.69, 9.17) is 9.47 Å². The number of rotatable bonds is 8. The summed E-state index contributed by atoms with van der Waals surface area (Å²) in [7, 11) is 1.40. The predicted molar refractivity (Wildman–Crippen MR) is 104 cm³/mol. The van der Waals surface area contributed by atoms with Crippen LogP contribution in [0, 0.1) is 10.1 Å². The van der Waals surface area contributed by atoms with Crippen molar-refractivity contribution in [2.24, 2.45) is 0 Å². The van der Waals surface area contributed by atoms with Crippen LogP contribution in [-0.4, -0.2) is 29.8 Å². The van der Waals surface area contributed by atoms with E-state index in [2.05, 4.69) is 5.32 Å². The third-order valence-corrected chi connectivity index (χ3v) is 4.30. The van der Waals surface area contributed by atoms with Crippen LogP contribution in [0.5, 0.6) is 5.75 Å². The fourth-order valence-corrected chi connectivity index (χ4v) is 2.66. The number of benzene rings is 2. The van der Waals surface area contributed by atoms with E-state index in [-0.39, 0.29) is 18.1 Å². The van der Waals surface area contributed by atoms with Gasteiger partial charge in [-0.3, -0.25) is 14.9 Å². The molecule has 0 saturated heterocycles. The molecule has 166 valence electrons. The van der Waals surface area contributed by atoms with Gasteiger partial charge in [0.15, 0.2) is 5.78 Å². The molecule has 2 aromatic carbocycles. The molecule has 11 heteroatoms. The van der Waals surface area contributed by atoms with Crippen molar-refractivity contribution in [3.05, 3.63) is 63.2 Å². The molecular formula is C20H19F3N2O6. The molecule has 0 aliphatic heterocycles. The van der Waals surface area contributed by atoms with Crippen molar-refractivity contribution in [2.45, 2.75) is 32.7 Å². The number of halogens is 3. The highest BCUT2D eigenvalue weighted by Crippen LogP contribution is 2.35. The fourth-order valence-electron chi connectivity index (χ4n) is 2.66. The van der Waals surface area contributed by atoms with Gasteiger partial charge in [0.1, 0.15) is 24.1 Å². The van der Waals surface area contributed by atoms with Crippen LogP contribution < -0.4 is 10.1 Å². The maximum absolute atomic E-state index is 12.8. The number of hydrogen-bond acceptors (Lipinski definition) is 7. The SMILES string of the molecule is COc1ccc(C(C)=O)cc1COC(=O)[C@@H](C)Nc1ccc(C(F)(F)F)cc1[N+](=O)[O-]. The highest BCUT2D eigenvalue weighted by molar-refractivity contribution is 5.94. The van der Waals surface area contributed by atoms with Gasteiger partial charge in [-0.25, -0.2) is 4.79 Å². The van der Waals surface area contributed by atoms with Crippen molar-refractivity contribution < 1.29 is 37.2 Å². The highest BCUT2D eigenvalue weighted by Gasteiger charge is 2.33. The summed E-state index contributed by atoms with van der Waals surface area (Å²) < 4.78 is 48.8. The second kappa shape index (κ2) is 9.45. The maximum atomic E-state index is 12.8. The summed E-state index contributed by atoms with van der Waals surface area (Å²) in [4.78, 5) is 34.0. The van der Waals surface area contributed by atoms with E-state index in [1.54, 1.807) is 12.1 Å². The number of esters is 1. The first-order valence-electron chi connectivity index (χ1n) is 8.90. The van der Waals surface area contributed by atoms with E-state index in [0.717, 1.165) is 6.07 Å². The van der Waals surface area contributed by atoms with E-state index in [1.165, 1.54) is 27.0 Å². The average Bonchev–Trinajstić information content (AvgIpc) is 2.70. The maximum Gasteiger partial charge on any atom is 0.416 e. The predicted octanol–water partition coefficient (Wildman–Crippen LogP) is 4.37. The Balaban J connectivity index is 2.14. The molecule has 0 spiro atoms. The largest absolute Gasteiger partial charge is 0.496 e. The van der Waals surface area contributed by atoms with Crippen molar-refractivity contribution in [3.63, 3.8) is 0 Å². The summed E-state index contributed by atoms with van der Waals surface area (Å²) in [6, 6.07) is 5.44. The van der Waals surface area contributed by atoms with Gasteiger partial charge in [-0.15, -0.1) is 0 Å². The van der Waals surface area contributed by atoms with Crippen LogP contribution >= 0.6 is 0 Å². The van der Waals surface area contributed by atoms with Crippen LogP contribution in [0.15, 0.2) is 36.4 Å². The Labute approximate surface area is 175 Å². The molecule has 8 nitrogen and oxygen atoms in total. The number of nitrogens with one attached hydrogen (secondary N) is 1. The van der Waals surface area contributed by atoms with Crippen molar-refractivity contribution >= 4 is 23.1 Å². The molecule has 2 rings (SSSR count). The first-order chi connectivity index (χ1) is 14.4. The number of carbonyl (C=O) groups excluding carboxylic acids is 2. The van der Waals surface area contributed by atoms with E-state index in [9.17, 15) is 32.9 Å². The van der Waals surface area contributed by atoms with Crippen molar-refractivity contribution in [3.8, 4) is 5.75 Å². The number of nitro groups is 1. The highest BCUT2D eigenvalue weighted by atomic mass is 19.4. The molecule has 0 aliphatic rings. The van der Waals surface area contributed by atoms with E-state index in [1.807, 2.05) is 0 Å². The minimum atomic E-state index is -4.75. The summed E-state index contributed by atoms with van der Waals surface area (Å²) in [5.41, 5.74) is -1.46. The van der Waals surface area contributed by atoms with Gasteiger partial charge in [-0.1, -0.05) is 0 Å². The number of nitro benzene ring substituents is 1. The smallest absolute Gasteiger partial charge is 0.416 e. The number of carbonyl (C=O) groups is 2. The zero-order valence-corrected chi connectivity index (χ0v) is 16.8. The topological polar surface area (TPSA) is 108 Å². The van der Waals surface area contributed by atoms with Crippen molar-refractivity contribution in [1.82, 2.24) is 0 Å². The van der Waals surface area contributed by atoms with Crippen LogP contribution in [0.25, 0.3) is 0 Å². The van der Waals surface area contributed by atoms with Gasteiger partial charge in [-0.05, 0) is 44.2 Å². The Bertz CT molecular complexity index is 1010. The van der Waals surface area contributed by atoms with Crippen LogP contribution in [0.2, 0.25) is 0 Å². The Hall–Kier alpha value is -3.63. The van der Waals surface area contributed by atoms with E-state index in [0.29, 0.717) is 29.0 Å². The molecule has 0 bridgehead atoms. The van der Waals surface area contributed by atoms with Crippen LogP contribution in [-0.2, 0) is 22.3 Å². The summed E-state index contributed by atoms with van der Waals surface area (Å²) in [5, 5.41) is 13.7. The number of methoxy groups -OCH3 is 1. The fraction of sp³-hybridized carbons (Fsp3) is 0.300. The molecule has 0 aliphatic carbocycles. The summed E-state index contributed by atoms with van der Waals surface area (Å²) >= 11 is 0. The zero-order valence-electron chi connectivity index (χ0n) is 16.8. The number of hydrogen-bond donors (Lipinski definition) is 1. The number of ether oxygens (including phenoxy) is 2. The molecule has 2 aromatic rings. The number of ketones is 1. The van der Waals surface area contributed by atoms with Gasteiger partial charge < -0.3 is 14.8 Å². The lowest BCUT2D eigenvalue weighted by Gasteiger charge is -2.16. The normalized spacial score (nSPS) is 12.1. The van der Waals surface area contributed by atoms with Gasteiger partial charge in [0.05, 0.1) is 17.6 Å². The second-order valence-corrected chi connectivity index (χ2v) is 6.54. The minimum absolute atomic E-state index is 0.195. The quantitative estimate of drug-likeness (QED) is 0.281. The van der Waals surface area contributed by atoms with E-state index >= 15 is 0 Å². The number of alkyl halides is 3. The number of Topliss-reactive ketones (excluding diaryl/α,β-unsaturated/α-hetero) is 1. The lowest BCUT2D eigenvalue weighted by Crippen LogP contribution is -2.28. The molecule has 31 heavy (non-hydrogen) atoms. The second-order valence-electron chi connectivity index (χ2n) is 6.54. The molecule has 0 aromatic heterocycles. The molecule has 0 heterocycles. The van der Waals surface area contributed by atoms with Crippen LogP contribution in [0.3, 0.4) is 0 Å². The summed E-state index contributed by atoms with van der Waals surface area (Å²) in [6.45, 7) is 2.47. The molecule has 0 amide bonds. The van der Waals surface area contributed by atoms with Crippen LogP contribution in [0.4, 0.5) is 24.5 Å². The zero-order chi connectivity index (χ0) is 23.3. The third kappa shape index (κ3) is 5.93. The number of anilines is 1. The third-order valence-electron chi connectivity index (χ3n) is 4.30. The van der Waals surface area contributed by atoms with Crippen molar-refractivity contribution in [2.75, 3.05) is 12.4 Å². The van der Waals surface area contributed by atoms with Crippen LogP contribution in [0.1, 0.15) is 35.3 Å². The average molecular weight is 440 g/mol. The Morgan fingerprint density at radius 3 is 2.42 bits per heavy atom. The summed E-state index contributed by atoms with van der Waals surface area (Å²) in [6.07, 6.45) is -4.75. The minimum Gasteiger partial charge on any atom is -0.496 e. The monoisotopic (exact) mass is 440 g/mol. The van der Waals surface area contributed by atoms with Gasteiger partial charge >= 0.3 is 12.1 Å². The standard InChI is InChI=1S/C20H19F3N2O6/c1-11(24-16-6-5-15(20(21,22)23)9-17(16)25(28)29)19(27)31-10-14-8-13(12(2)26)4-7-18(14)30-3/h4-9,11,24H,10H2,1-3H3/t11-/m1/s1. The summed E-state index contributed by atoms with van der Waals surface area (Å²) in [5.74, 6) is -0.624. The van der Waals surface area contributed by atoms with Gasteiger partial charge in [0, 0.05) is 17.2 Å². The Morgan fingerprint density at radius 2 is 1.87 bits per heavy atom. The molecular weight excluding hydrogens is 421 g/mol. The molecule has 0 radical (unpaired) electrons. The molecule has 0 unspecified atom stereocenters. The van der Waals surface area contributed by atoms with Gasteiger partial charge in [0.2, 0.25) is 0 Å². The molecule has 0 fully saturated rings. The Kier molecular flexibility index (Phi) is 7.21. The van der Waals surface area contributed by atoms with E-state index < -0.39 is 34.4 Å².